The number of aromatic amines is 2. The summed E-state index contributed by atoms with van der Waals surface area (Å²) in [5.74, 6) is -0.194. The van der Waals surface area contributed by atoms with Gasteiger partial charge in [-0.15, -0.1) is 20.4 Å². The molecule has 4 aromatic carbocycles. The first-order chi connectivity index (χ1) is 32.8. The van der Waals surface area contributed by atoms with Gasteiger partial charge in [-0.3, -0.25) is 9.59 Å². The quantitative estimate of drug-likeness (QED) is 0.0527. The van der Waals surface area contributed by atoms with E-state index in [4.69, 9.17) is 46.2 Å². The summed E-state index contributed by atoms with van der Waals surface area (Å²) in [5, 5.41) is 60.6. The van der Waals surface area contributed by atoms with Gasteiger partial charge in [-0.2, -0.15) is 0 Å². The van der Waals surface area contributed by atoms with Crippen LogP contribution in [0.3, 0.4) is 0 Å². The highest BCUT2D eigenvalue weighted by molar-refractivity contribution is 6.30. The van der Waals surface area contributed by atoms with Gasteiger partial charge in [-0.1, -0.05) is 72.9 Å². The van der Waals surface area contributed by atoms with Crippen LogP contribution in [0.4, 0.5) is 0 Å². The van der Waals surface area contributed by atoms with Crippen molar-refractivity contribution in [3.63, 3.8) is 0 Å². The number of phenols is 2. The first-order valence-corrected chi connectivity index (χ1v) is 22.0. The third-order valence-corrected chi connectivity index (χ3v) is 11.1. The molecule has 68 heavy (non-hydrogen) atoms. The molecule has 0 amide bonds. The van der Waals surface area contributed by atoms with Crippen molar-refractivity contribution in [3.05, 3.63) is 150 Å². The summed E-state index contributed by atoms with van der Waals surface area (Å²) >= 11 is 11.9. The van der Waals surface area contributed by atoms with Gasteiger partial charge >= 0.3 is 0 Å². The minimum absolute atomic E-state index is 0.0134. The van der Waals surface area contributed by atoms with Crippen molar-refractivity contribution in [2.24, 2.45) is 0 Å². The van der Waals surface area contributed by atoms with Gasteiger partial charge in [0.05, 0.1) is 61.6 Å². The first-order valence-electron chi connectivity index (χ1n) is 21.3. The van der Waals surface area contributed by atoms with Gasteiger partial charge in [0, 0.05) is 22.3 Å². The number of H-pyrrole nitrogens is 2. The molecule has 0 saturated heterocycles. The number of aromatic hydroxyl groups is 4. The van der Waals surface area contributed by atoms with E-state index in [0.717, 1.165) is 24.0 Å². The van der Waals surface area contributed by atoms with Gasteiger partial charge in [0.15, 0.2) is 0 Å². The number of ether oxygens (including phenoxy) is 3. The molecule has 0 fully saturated rings. The summed E-state index contributed by atoms with van der Waals surface area (Å²) in [6, 6.07) is 23.8. The van der Waals surface area contributed by atoms with Crippen molar-refractivity contribution in [1.29, 1.82) is 0 Å². The van der Waals surface area contributed by atoms with E-state index < -0.39 is 16.9 Å². The lowest BCUT2D eigenvalue weighted by Gasteiger charge is -2.18. The molecule has 6 N–H and O–H groups in total. The van der Waals surface area contributed by atoms with Crippen LogP contribution in [0.1, 0.15) is 61.0 Å². The van der Waals surface area contributed by atoms with E-state index in [9.17, 15) is 30.0 Å². The predicted molar refractivity (Wildman–Crippen MR) is 254 cm³/mol. The summed E-state index contributed by atoms with van der Waals surface area (Å²) in [7, 11) is 3.01. The van der Waals surface area contributed by atoms with Gasteiger partial charge < -0.3 is 53.4 Å². The van der Waals surface area contributed by atoms with Gasteiger partial charge in [0.25, 0.3) is 22.9 Å². The van der Waals surface area contributed by atoms with E-state index in [2.05, 4.69) is 30.4 Å². The number of nitrogens with one attached hydrogen (secondary N) is 2. The predicted octanol–water partition coefficient (Wildman–Crippen LogP) is 9.39. The maximum atomic E-state index is 13.0. The number of nitrogens with zero attached hydrogens (tertiary/aromatic N) is 4. The maximum Gasteiger partial charge on any atom is 0.264 e. The fourth-order valence-electron chi connectivity index (χ4n) is 7.35. The number of pyridine rings is 2. The summed E-state index contributed by atoms with van der Waals surface area (Å²) in [5.41, 5.74) is 1.76. The van der Waals surface area contributed by atoms with Gasteiger partial charge in [-0.05, 0) is 79.4 Å². The minimum atomic E-state index is -0.612. The molecule has 0 radical (unpaired) electrons. The number of halogens is 2. The van der Waals surface area contributed by atoms with Crippen LogP contribution in [0, 0.1) is 0 Å². The molecule has 0 bridgehead atoms. The fourth-order valence-corrected chi connectivity index (χ4v) is 7.60. The van der Waals surface area contributed by atoms with Crippen molar-refractivity contribution in [3.8, 4) is 79.7 Å². The molecular weight excluding hydrogens is 919 g/mol. The number of unbranched alkanes of at least 4 members (excludes halogenated alkanes) is 1. The molecular formula is C49H46Cl2N6O11. The fraction of sp³-hybridized carbons (Fsp3) is 0.224. The lowest BCUT2D eigenvalue weighted by Crippen LogP contribution is -2.15. The first kappa shape index (κ1) is 48.3. The zero-order valence-electron chi connectivity index (χ0n) is 37.2. The lowest BCUT2D eigenvalue weighted by atomic mass is 9.96. The molecule has 4 aromatic heterocycles. The molecule has 19 heteroatoms. The van der Waals surface area contributed by atoms with Crippen LogP contribution in [0.2, 0.25) is 10.0 Å². The van der Waals surface area contributed by atoms with Crippen LogP contribution < -0.4 is 20.6 Å². The van der Waals surface area contributed by atoms with Crippen molar-refractivity contribution in [2.45, 2.75) is 52.6 Å². The molecule has 8 rings (SSSR count). The molecule has 0 unspecified atom stereocenters. The smallest absolute Gasteiger partial charge is 0.264 e. The van der Waals surface area contributed by atoms with Crippen LogP contribution in [-0.2, 0) is 30.6 Å². The Morgan fingerprint density at radius 2 is 1.03 bits per heavy atom. The average Bonchev–Trinajstić information content (AvgIpc) is 3.99. The number of aromatic nitrogens is 6. The molecule has 0 aliphatic rings. The summed E-state index contributed by atoms with van der Waals surface area (Å²) in [6.45, 7) is 4.27. The number of benzene rings is 4. The van der Waals surface area contributed by atoms with Crippen molar-refractivity contribution < 1.29 is 43.5 Å². The Labute approximate surface area is 398 Å². The standard InChI is InChI=1S/C25H24ClN3O6.C24H22ClN3O5/c1-4-34-13-16-20(21-17(32-2)6-5-7-18(21)33-3)23(30)22(24(31)27-16)25-29-28-19(35-25)12-14-8-10-15(26)11-9-14;1-2-3-5-15-19(20-16(29)6-4-7-17(20)30)22(31)21(23(32)26-15)24-28-27-18(33-24)12-13-8-10-14(25)11-9-13/h5-11H,4,12-13H2,1-3H3,(H2,27,30,31);4,6-11,29-30H,2-3,5,12H2,1H3,(H2,26,31,32). The van der Waals surface area contributed by atoms with E-state index in [-0.39, 0.29) is 75.2 Å². The normalized spacial score (nSPS) is 11.0. The Morgan fingerprint density at radius 1 is 0.574 bits per heavy atom. The molecule has 352 valence electrons. The lowest BCUT2D eigenvalue weighted by molar-refractivity contribution is 0.131. The number of hydrogen-bond donors (Lipinski definition) is 6. The van der Waals surface area contributed by atoms with Crippen molar-refractivity contribution >= 4 is 23.2 Å². The zero-order chi connectivity index (χ0) is 48.5. The second kappa shape index (κ2) is 21.8. The highest BCUT2D eigenvalue weighted by atomic mass is 35.5. The molecule has 4 heterocycles. The molecule has 17 nitrogen and oxygen atoms in total. The Balaban J connectivity index is 0.000000202. The number of phenolic OH excluding ortho intramolecular Hbond substituents is 2. The second-order valence-corrected chi connectivity index (χ2v) is 16.0. The summed E-state index contributed by atoms with van der Waals surface area (Å²) in [4.78, 5) is 31.5. The van der Waals surface area contributed by atoms with Crippen LogP contribution >= 0.6 is 23.2 Å². The monoisotopic (exact) mass is 964 g/mol. The van der Waals surface area contributed by atoms with E-state index in [1.807, 2.05) is 38.1 Å². The number of methoxy groups -OCH3 is 2. The Hall–Kier alpha value is -7.60. The molecule has 0 aliphatic heterocycles. The van der Waals surface area contributed by atoms with Crippen LogP contribution in [0.5, 0.6) is 34.5 Å². The Bertz CT molecular complexity index is 3110. The van der Waals surface area contributed by atoms with Crippen LogP contribution in [0.15, 0.2) is 103 Å². The zero-order valence-corrected chi connectivity index (χ0v) is 38.7. The van der Waals surface area contributed by atoms with E-state index in [0.29, 0.717) is 64.4 Å². The van der Waals surface area contributed by atoms with E-state index in [1.165, 1.54) is 32.4 Å². The molecule has 0 aliphatic carbocycles. The van der Waals surface area contributed by atoms with Gasteiger partial charge in [-0.25, -0.2) is 0 Å². The van der Waals surface area contributed by atoms with Crippen LogP contribution in [0.25, 0.3) is 45.2 Å². The highest BCUT2D eigenvalue weighted by Gasteiger charge is 2.29. The maximum absolute atomic E-state index is 13.0. The van der Waals surface area contributed by atoms with Gasteiger partial charge in [0.2, 0.25) is 11.8 Å². The highest BCUT2D eigenvalue weighted by Crippen LogP contribution is 2.47. The third-order valence-electron chi connectivity index (χ3n) is 10.6. The molecule has 8 aromatic rings. The van der Waals surface area contributed by atoms with Crippen molar-refractivity contribution in [1.82, 2.24) is 30.4 Å². The second-order valence-electron chi connectivity index (χ2n) is 15.1. The summed E-state index contributed by atoms with van der Waals surface area (Å²) in [6.07, 6.45) is 2.63. The third kappa shape index (κ3) is 10.7. The summed E-state index contributed by atoms with van der Waals surface area (Å²) < 4.78 is 28.0. The molecule has 0 atom stereocenters. The van der Waals surface area contributed by atoms with Crippen molar-refractivity contribution in [2.75, 3.05) is 20.8 Å². The molecule has 0 spiro atoms. The topological polar surface area (TPSA) is 252 Å². The van der Waals surface area contributed by atoms with Crippen LogP contribution in [-0.4, -0.2) is 71.6 Å². The Kier molecular flexibility index (Phi) is 15.5. The average molecular weight is 966 g/mol. The molecule has 0 saturated carbocycles. The van der Waals surface area contributed by atoms with E-state index in [1.54, 1.807) is 42.5 Å². The number of rotatable bonds is 16. The van der Waals surface area contributed by atoms with Gasteiger partial charge in [0.1, 0.15) is 45.6 Å². The minimum Gasteiger partial charge on any atom is -0.507 e. The number of aryl methyl sites for hydroxylation is 1. The largest absolute Gasteiger partial charge is 0.507 e. The number of hydrogen-bond acceptors (Lipinski definition) is 15. The van der Waals surface area contributed by atoms with E-state index >= 15 is 0 Å². The SMILES string of the molecule is CCCCc1[nH]c(=O)c(-c2nnc(Cc3ccc(Cl)cc3)o2)c(O)c1-c1c(O)cccc1O.CCOCc1[nH]c(=O)c(-c2nnc(Cc3ccc(Cl)cc3)o2)c(O)c1-c1c(OC)cccc1OC. The Morgan fingerprint density at radius 3 is 1.49 bits per heavy atom.